The highest BCUT2D eigenvalue weighted by atomic mass is 15.2. The van der Waals surface area contributed by atoms with Gasteiger partial charge in [-0.2, -0.15) is 5.10 Å². The highest BCUT2D eigenvalue weighted by Crippen LogP contribution is 1.96. The molecule has 0 aliphatic rings. The van der Waals surface area contributed by atoms with Crippen LogP contribution < -0.4 is 5.73 Å². The second kappa shape index (κ2) is 3.51. The average Bonchev–Trinajstić information content (AvgIpc) is 2.07. The summed E-state index contributed by atoms with van der Waals surface area (Å²) in [4.78, 5) is 0. The maximum absolute atomic E-state index is 5.52. The maximum Gasteiger partial charge on any atom is 0.153 e. The fourth-order valence-electron chi connectivity index (χ4n) is 0.743. The molecule has 0 heterocycles. The molecular formula is C8H9N3. The van der Waals surface area contributed by atoms with Gasteiger partial charge in [0.05, 0.1) is 0 Å². The highest BCUT2D eigenvalue weighted by Gasteiger charge is 1.93. The third-order valence-electron chi connectivity index (χ3n) is 1.25. The zero-order valence-electron chi connectivity index (χ0n) is 6.07. The SMILES string of the molecule is C=N/N=C(\N)c1ccccc1. The fourth-order valence-corrected chi connectivity index (χ4v) is 0.743. The molecule has 0 aliphatic heterocycles. The highest BCUT2D eigenvalue weighted by molar-refractivity contribution is 5.97. The Labute approximate surface area is 65.3 Å². The molecule has 0 amide bonds. The van der Waals surface area contributed by atoms with Crippen molar-refractivity contribution in [2.45, 2.75) is 0 Å². The Morgan fingerprint density at radius 1 is 1.27 bits per heavy atom. The second-order valence-electron chi connectivity index (χ2n) is 1.99. The lowest BCUT2D eigenvalue weighted by molar-refractivity contribution is 1.24. The van der Waals surface area contributed by atoms with E-state index in [2.05, 4.69) is 16.9 Å². The summed E-state index contributed by atoms with van der Waals surface area (Å²) in [7, 11) is 0. The van der Waals surface area contributed by atoms with Crippen LogP contribution >= 0.6 is 0 Å². The van der Waals surface area contributed by atoms with Gasteiger partial charge >= 0.3 is 0 Å². The van der Waals surface area contributed by atoms with E-state index in [4.69, 9.17) is 5.73 Å². The minimum Gasteiger partial charge on any atom is -0.382 e. The molecule has 0 aromatic heterocycles. The zero-order valence-corrected chi connectivity index (χ0v) is 6.07. The molecule has 1 aromatic carbocycles. The van der Waals surface area contributed by atoms with Gasteiger partial charge in [-0.25, -0.2) is 0 Å². The van der Waals surface area contributed by atoms with Gasteiger partial charge in [0.15, 0.2) is 5.84 Å². The van der Waals surface area contributed by atoms with E-state index in [1.807, 2.05) is 30.3 Å². The van der Waals surface area contributed by atoms with Crippen molar-refractivity contribution in [3.63, 3.8) is 0 Å². The van der Waals surface area contributed by atoms with E-state index in [0.29, 0.717) is 5.84 Å². The van der Waals surface area contributed by atoms with Gasteiger partial charge in [-0.1, -0.05) is 30.3 Å². The molecule has 0 atom stereocenters. The summed E-state index contributed by atoms with van der Waals surface area (Å²) in [6, 6.07) is 9.42. The smallest absolute Gasteiger partial charge is 0.153 e. The summed E-state index contributed by atoms with van der Waals surface area (Å²) in [5.74, 6) is 0.389. The fraction of sp³-hybridized carbons (Fsp3) is 0. The lowest BCUT2D eigenvalue weighted by Crippen LogP contribution is -2.11. The third kappa shape index (κ3) is 1.89. The lowest BCUT2D eigenvalue weighted by atomic mass is 10.2. The van der Waals surface area contributed by atoms with Crippen molar-refractivity contribution in [2.75, 3.05) is 0 Å². The number of rotatable bonds is 2. The van der Waals surface area contributed by atoms with Crippen LogP contribution in [0, 0.1) is 0 Å². The van der Waals surface area contributed by atoms with E-state index in [9.17, 15) is 0 Å². The van der Waals surface area contributed by atoms with E-state index in [-0.39, 0.29) is 0 Å². The Morgan fingerprint density at radius 2 is 1.91 bits per heavy atom. The molecule has 0 saturated carbocycles. The number of nitrogens with zero attached hydrogens (tertiary/aromatic N) is 2. The molecule has 0 radical (unpaired) electrons. The first-order chi connectivity index (χ1) is 5.34. The van der Waals surface area contributed by atoms with Crippen LogP contribution in [0.3, 0.4) is 0 Å². The van der Waals surface area contributed by atoms with Crippen molar-refractivity contribution in [1.82, 2.24) is 0 Å². The van der Waals surface area contributed by atoms with Crippen molar-refractivity contribution in [3.05, 3.63) is 35.9 Å². The quantitative estimate of drug-likeness (QED) is 0.379. The van der Waals surface area contributed by atoms with Crippen LogP contribution in [0.2, 0.25) is 0 Å². The molecular weight excluding hydrogens is 138 g/mol. The van der Waals surface area contributed by atoms with Gasteiger partial charge in [0, 0.05) is 12.3 Å². The monoisotopic (exact) mass is 147 g/mol. The predicted molar refractivity (Wildman–Crippen MR) is 46.7 cm³/mol. The van der Waals surface area contributed by atoms with Crippen molar-refractivity contribution < 1.29 is 0 Å². The first-order valence-corrected chi connectivity index (χ1v) is 3.19. The first-order valence-electron chi connectivity index (χ1n) is 3.19. The number of hydrogen-bond donors (Lipinski definition) is 1. The first kappa shape index (κ1) is 7.47. The molecule has 2 N–H and O–H groups in total. The van der Waals surface area contributed by atoms with Crippen LogP contribution in [0.5, 0.6) is 0 Å². The Bertz CT molecular complexity index is 264. The molecule has 1 rings (SSSR count). The van der Waals surface area contributed by atoms with Crippen molar-refractivity contribution >= 4 is 12.6 Å². The Balaban J connectivity index is 2.94. The topological polar surface area (TPSA) is 50.7 Å². The number of amidine groups is 1. The third-order valence-corrected chi connectivity index (χ3v) is 1.25. The summed E-state index contributed by atoms with van der Waals surface area (Å²) in [5, 5.41) is 6.93. The summed E-state index contributed by atoms with van der Waals surface area (Å²) < 4.78 is 0. The van der Waals surface area contributed by atoms with Crippen LogP contribution in [-0.4, -0.2) is 12.6 Å². The van der Waals surface area contributed by atoms with Crippen LogP contribution in [-0.2, 0) is 0 Å². The second-order valence-corrected chi connectivity index (χ2v) is 1.99. The predicted octanol–water partition coefficient (Wildman–Crippen LogP) is 1.01. The summed E-state index contributed by atoms with van der Waals surface area (Å²) in [6.07, 6.45) is 0. The van der Waals surface area contributed by atoms with E-state index in [1.54, 1.807) is 0 Å². The molecule has 3 nitrogen and oxygen atoms in total. The molecule has 0 bridgehead atoms. The number of nitrogens with two attached hydrogens (primary N) is 1. The minimum absolute atomic E-state index is 0.389. The van der Waals surface area contributed by atoms with Gasteiger partial charge in [-0.3, -0.25) is 0 Å². The number of benzene rings is 1. The van der Waals surface area contributed by atoms with E-state index >= 15 is 0 Å². The molecule has 3 heteroatoms. The van der Waals surface area contributed by atoms with Gasteiger partial charge in [-0.05, 0) is 0 Å². The van der Waals surface area contributed by atoms with E-state index in [0.717, 1.165) is 5.56 Å². The maximum atomic E-state index is 5.52. The van der Waals surface area contributed by atoms with Crippen molar-refractivity contribution in [3.8, 4) is 0 Å². The largest absolute Gasteiger partial charge is 0.382 e. The number of hydrogen-bond acceptors (Lipinski definition) is 2. The van der Waals surface area contributed by atoms with E-state index in [1.165, 1.54) is 0 Å². The zero-order chi connectivity index (χ0) is 8.10. The van der Waals surface area contributed by atoms with Gasteiger partial charge in [-0.15, -0.1) is 5.10 Å². The van der Waals surface area contributed by atoms with Crippen LogP contribution in [0.4, 0.5) is 0 Å². The van der Waals surface area contributed by atoms with Crippen molar-refractivity contribution in [1.29, 1.82) is 0 Å². The molecule has 0 aliphatic carbocycles. The molecule has 56 valence electrons. The van der Waals surface area contributed by atoms with Crippen LogP contribution in [0.15, 0.2) is 40.5 Å². The molecule has 1 aromatic rings. The Hall–Kier alpha value is -1.64. The lowest BCUT2D eigenvalue weighted by Gasteiger charge is -1.95. The van der Waals surface area contributed by atoms with Gasteiger partial charge in [0.2, 0.25) is 0 Å². The molecule has 11 heavy (non-hydrogen) atoms. The standard InChI is InChI=1S/C8H9N3/c1-10-11-8(9)7-5-3-2-4-6-7/h2-6H,1H2,(H2,9,11). The Morgan fingerprint density at radius 3 is 2.45 bits per heavy atom. The summed E-state index contributed by atoms with van der Waals surface area (Å²) >= 11 is 0. The minimum atomic E-state index is 0.389. The molecule has 0 fully saturated rings. The van der Waals surface area contributed by atoms with Gasteiger partial charge in [0.1, 0.15) is 0 Å². The van der Waals surface area contributed by atoms with Crippen LogP contribution in [0.25, 0.3) is 0 Å². The summed E-state index contributed by atoms with van der Waals surface area (Å²) in [5.41, 5.74) is 6.38. The normalized spacial score (nSPS) is 11.1. The summed E-state index contributed by atoms with van der Waals surface area (Å²) in [6.45, 7) is 3.21. The van der Waals surface area contributed by atoms with Crippen molar-refractivity contribution in [2.24, 2.45) is 15.9 Å². The van der Waals surface area contributed by atoms with E-state index < -0.39 is 0 Å². The van der Waals surface area contributed by atoms with Gasteiger partial charge < -0.3 is 5.73 Å². The Kier molecular flexibility index (Phi) is 2.38. The van der Waals surface area contributed by atoms with Crippen LogP contribution in [0.1, 0.15) is 5.56 Å². The molecule has 0 spiro atoms. The molecule has 0 saturated heterocycles. The van der Waals surface area contributed by atoms with Gasteiger partial charge in [0.25, 0.3) is 0 Å². The average molecular weight is 147 g/mol. The molecule has 0 unspecified atom stereocenters.